The van der Waals surface area contributed by atoms with Crippen molar-refractivity contribution in [2.24, 2.45) is 0 Å². The Balaban J connectivity index is 1.69. The second-order valence-electron chi connectivity index (χ2n) is 5.25. The van der Waals surface area contributed by atoms with Crippen LogP contribution >= 0.6 is 0 Å². The van der Waals surface area contributed by atoms with Crippen molar-refractivity contribution >= 4 is 17.4 Å². The van der Waals surface area contributed by atoms with E-state index in [9.17, 15) is 18.0 Å². The molecule has 0 aliphatic rings. The van der Waals surface area contributed by atoms with Crippen LogP contribution in [-0.4, -0.2) is 15.9 Å². The van der Waals surface area contributed by atoms with Crippen molar-refractivity contribution in [1.82, 2.24) is 9.97 Å². The first kappa shape index (κ1) is 17.5. The summed E-state index contributed by atoms with van der Waals surface area (Å²) in [6.07, 6.45) is -1.77. The molecule has 1 aromatic carbocycles. The molecule has 0 saturated carbocycles. The highest BCUT2D eigenvalue weighted by atomic mass is 19.4. The SMILES string of the molecule is O=C(Nc1cccc(C(F)(F)F)c1)c1cc(NCc2ccco2)ncn1. The van der Waals surface area contributed by atoms with Gasteiger partial charge < -0.3 is 15.1 Å². The summed E-state index contributed by atoms with van der Waals surface area (Å²) in [5.41, 5.74) is -0.813. The predicted octanol–water partition coefficient (Wildman–Crippen LogP) is 3.95. The minimum atomic E-state index is -4.49. The number of carbonyl (C=O) groups is 1. The maximum atomic E-state index is 12.7. The van der Waals surface area contributed by atoms with Gasteiger partial charge in [-0.3, -0.25) is 4.79 Å². The minimum Gasteiger partial charge on any atom is -0.467 e. The number of aromatic nitrogens is 2. The summed E-state index contributed by atoms with van der Waals surface area (Å²) in [5, 5.41) is 5.35. The van der Waals surface area contributed by atoms with Crippen LogP contribution in [0, 0.1) is 0 Å². The van der Waals surface area contributed by atoms with Gasteiger partial charge in [-0.2, -0.15) is 13.2 Å². The molecule has 0 atom stereocenters. The molecule has 3 rings (SSSR count). The zero-order valence-electron chi connectivity index (χ0n) is 13.2. The number of halogens is 3. The maximum absolute atomic E-state index is 12.7. The van der Waals surface area contributed by atoms with E-state index in [0.717, 1.165) is 12.1 Å². The quantitative estimate of drug-likeness (QED) is 0.718. The van der Waals surface area contributed by atoms with Crippen LogP contribution < -0.4 is 10.6 Å². The van der Waals surface area contributed by atoms with Gasteiger partial charge in [0, 0.05) is 11.8 Å². The number of carbonyl (C=O) groups excluding carboxylic acids is 1. The molecule has 0 fully saturated rings. The van der Waals surface area contributed by atoms with Crippen LogP contribution in [0.15, 0.2) is 59.5 Å². The Morgan fingerprint density at radius 2 is 1.96 bits per heavy atom. The van der Waals surface area contributed by atoms with E-state index < -0.39 is 17.6 Å². The van der Waals surface area contributed by atoms with Gasteiger partial charge in [-0.1, -0.05) is 6.07 Å². The van der Waals surface area contributed by atoms with Crippen molar-refractivity contribution in [2.45, 2.75) is 12.7 Å². The molecule has 0 aliphatic carbocycles. The smallest absolute Gasteiger partial charge is 0.416 e. The molecule has 0 unspecified atom stereocenters. The largest absolute Gasteiger partial charge is 0.467 e. The molecule has 134 valence electrons. The number of amides is 1. The van der Waals surface area contributed by atoms with E-state index in [1.807, 2.05) is 0 Å². The molecule has 2 heterocycles. The van der Waals surface area contributed by atoms with E-state index in [1.54, 1.807) is 12.1 Å². The third-order valence-corrected chi connectivity index (χ3v) is 3.37. The molecule has 0 spiro atoms. The van der Waals surface area contributed by atoms with Crippen molar-refractivity contribution < 1.29 is 22.4 Å². The number of benzene rings is 1. The van der Waals surface area contributed by atoms with Crippen LogP contribution in [0.4, 0.5) is 24.7 Å². The van der Waals surface area contributed by atoms with Gasteiger partial charge in [-0.25, -0.2) is 9.97 Å². The Hall–Kier alpha value is -3.36. The van der Waals surface area contributed by atoms with E-state index in [1.165, 1.54) is 30.8 Å². The van der Waals surface area contributed by atoms with E-state index >= 15 is 0 Å². The van der Waals surface area contributed by atoms with Crippen molar-refractivity contribution in [3.63, 3.8) is 0 Å². The number of hydrogen-bond donors (Lipinski definition) is 2. The molecule has 9 heteroatoms. The number of anilines is 2. The Morgan fingerprint density at radius 1 is 1.12 bits per heavy atom. The average molecular weight is 362 g/mol. The van der Waals surface area contributed by atoms with Gasteiger partial charge in [0.15, 0.2) is 0 Å². The number of alkyl halides is 3. The normalized spacial score (nSPS) is 11.2. The highest BCUT2D eigenvalue weighted by molar-refractivity contribution is 6.03. The fraction of sp³-hybridized carbons (Fsp3) is 0.118. The average Bonchev–Trinajstić information content (AvgIpc) is 3.13. The summed E-state index contributed by atoms with van der Waals surface area (Å²) >= 11 is 0. The van der Waals surface area contributed by atoms with Crippen LogP contribution in [-0.2, 0) is 12.7 Å². The lowest BCUT2D eigenvalue weighted by atomic mass is 10.2. The molecular weight excluding hydrogens is 349 g/mol. The number of nitrogens with one attached hydrogen (secondary N) is 2. The van der Waals surface area contributed by atoms with Crippen LogP contribution in [0.3, 0.4) is 0 Å². The molecule has 0 bridgehead atoms. The highest BCUT2D eigenvalue weighted by Gasteiger charge is 2.30. The lowest BCUT2D eigenvalue weighted by Gasteiger charge is -2.10. The van der Waals surface area contributed by atoms with Crippen molar-refractivity contribution in [3.05, 3.63) is 72.1 Å². The predicted molar refractivity (Wildman–Crippen MR) is 87.5 cm³/mol. The molecule has 2 N–H and O–H groups in total. The van der Waals surface area contributed by atoms with Crippen LogP contribution in [0.2, 0.25) is 0 Å². The van der Waals surface area contributed by atoms with E-state index in [4.69, 9.17) is 4.42 Å². The van der Waals surface area contributed by atoms with Gasteiger partial charge >= 0.3 is 6.18 Å². The third kappa shape index (κ3) is 4.38. The third-order valence-electron chi connectivity index (χ3n) is 3.37. The second-order valence-corrected chi connectivity index (χ2v) is 5.25. The molecule has 0 saturated heterocycles. The molecular formula is C17H13F3N4O2. The lowest BCUT2D eigenvalue weighted by Crippen LogP contribution is -2.15. The number of rotatable bonds is 5. The topological polar surface area (TPSA) is 80.0 Å². The summed E-state index contributed by atoms with van der Waals surface area (Å²) in [4.78, 5) is 20.1. The van der Waals surface area contributed by atoms with Crippen LogP contribution in [0.25, 0.3) is 0 Å². The van der Waals surface area contributed by atoms with Gasteiger partial charge in [0.05, 0.1) is 18.4 Å². The Labute approximate surface area is 146 Å². The molecule has 3 aromatic rings. The summed E-state index contributed by atoms with van der Waals surface area (Å²) < 4.78 is 43.4. The monoisotopic (exact) mass is 362 g/mol. The standard InChI is InChI=1S/C17H13F3N4O2/c18-17(19,20)11-3-1-4-12(7-11)24-16(25)14-8-15(23-10-22-14)21-9-13-5-2-6-26-13/h1-8,10H,9H2,(H,24,25)(H,21,22,23). The van der Waals surface area contributed by atoms with Crippen LogP contribution in [0.1, 0.15) is 21.8 Å². The first-order chi connectivity index (χ1) is 12.4. The van der Waals surface area contributed by atoms with Crippen LogP contribution in [0.5, 0.6) is 0 Å². The van der Waals surface area contributed by atoms with Crippen molar-refractivity contribution in [2.75, 3.05) is 10.6 Å². The fourth-order valence-corrected chi connectivity index (χ4v) is 2.14. The van der Waals surface area contributed by atoms with Crippen molar-refractivity contribution in [1.29, 1.82) is 0 Å². The summed E-state index contributed by atoms with van der Waals surface area (Å²) in [6.45, 7) is 0.360. The fourth-order valence-electron chi connectivity index (χ4n) is 2.14. The molecule has 1 amide bonds. The zero-order chi connectivity index (χ0) is 18.6. The maximum Gasteiger partial charge on any atom is 0.416 e. The van der Waals surface area contributed by atoms with E-state index in [-0.39, 0.29) is 11.4 Å². The van der Waals surface area contributed by atoms with Gasteiger partial charge in [-0.05, 0) is 30.3 Å². The second kappa shape index (κ2) is 7.26. The number of furan rings is 1. The Kier molecular flexibility index (Phi) is 4.87. The van der Waals surface area contributed by atoms with Gasteiger partial charge in [-0.15, -0.1) is 0 Å². The number of nitrogens with zero attached hydrogens (tertiary/aromatic N) is 2. The van der Waals surface area contributed by atoms with Crippen molar-refractivity contribution in [3.8, 4) is 0 Å². The molecule has 0 aliphatic heterocycles. The van der Waals surface area contributed by atoms with E-state index in [2.05, 4.69) is 20.6 Å². The molecule has 2 aromatic heterocycles. The molecule has 26 heavy (non-hydrogen) atoms. The first-order valence-corrected chi connectivity index (χ1v) is 7.49. The summed E-state index contributed by atoms with van der Waals surface area (Å²) in [7, 11) is 0. The summed E-state index contributed by atoms with van der Waals surface area (Å²) in [5.74, 6) is 0.414. The summed E-state index contributed by atoms with van der Waals surface area (Å²) in [6, 6.07) is 9.28. The van der Waals surface area contributed by atoms with Gasteiger partial charge in [0.2, 0.25) is 0 Å². The number of hydrogen-bond acceptors (Lipinski definition) is 5. The first-order valence-electron chi connectivity index (χ1n) is 7.49. The highest BCUT2D eigenvalue weighted by Crippen LogP contribution is 2.30. The van der Waals surface area contributed by atoms with Gasteiger partial charge in [0.1, 0.15) is 23.6 Å². The van der Waals surface area contributed by atoms with E-state index in [0.29, 0.717) is 18.1 Å². The Bertz CT molecular complexity index is 895. The molecule has 6 nitrogen and oxygen atoms in total. The van der Waals surface area contributed by atoms with Gasteiger partial charge in [0.25, 0.3) is 5.91 Å². The Morgan fingerprint density at radius 3 is 2.69 bits per heavy atom. The zero-order valence-corrected chi connectivity index (χ0v) is 13.2. The lowest BCUT2D eigenvalue weighted by molar-refractivity contribution is -0.137. The minimum absolute atomic E-state index is 0.0133. The molecule has 0 radical (unpaired) electrons.